The van der Waals surface area contributed by atoms with Crippen molar-refractivity contribution in [1.82, 2.24) is 14.5 Å². The number of fused-ring (bicyclic) bond motifs is 1. The zero-order valence-corrected chi connectivity index (χ0v) is 10.7. The molecular weight excluding hydrogens is 242 g/mol. The average Bonchev–Trinajstić information content (AvgIpc) is 2.77. The molecule has 0 amide bonds. The third-order valence-corrected chi connectivity index (χ3v) is 3.71. The number of aryl methyl sites for hydroxylation is 1. The van der Waals surface area contributed by atoms with Gasteiger partial charge >= 0.3 is 5.97 Å². The summed E-state index contributed by atoms with van der Waals surface area (Å²) in [6, 6.07) is 5.71. The summed E-state index contributed by atoms with van der Waals surface area (Å²) in [6.45, 7) is 0. The highest BCUT2D eigenvalue weighted by Gasteiger charge is 2.28. The Morgan fingerprint density at radius 2 is 2.32 bits per heavy atom. The SMILES string of the molecule is Cn1c(-c2ccccn2)nc2c1CC(C(=O)O)CC2. The number of pyridine rings is 1. The van der Waals surface area contributed by atoms with Gasteiger partial charge < -0.3 is 9.67 Å². The molecule has 0 radical (unpaired) electrons. The van der Waals surface area contributed by atoms with E-state index in [1.807, 2.05) is 29.8 Å². The summed E-state index contributed by atoms with van der Waals surface area (Å²) in [5.41, 5.74) is 2.87. The Bertz CT molecular complexity index is 619. The molecule has 0 spiro atoms. The van der Waals surface area contributed by atoms with Crippen molar-refractivity contribution >= 4 is 5.97 Å². The van der Waals surface area contributed by atoms with Crippen molar-refractivity contribution in [3.63, 3.8) is 0 Å². The largest absolute Gasteiger partial charge is 0.481 e. The number of hydrogen-bond acceptors (Lipinski definition) is 3. The first-order chi connectivity index (χ1) is 9.16. The number of carboxylic acid groups (broad SMARTS) is 1. The molecule has 1 unspecified atom stereocenters. The molecule has 0 saturated carbocycles. The van der Waals surface area contributed by atoms with Gasteiger partial charge in [-0.25, -0.2) is 4.98 Å². The Morgan fingerprint density at radius 3 is 3.00 bits per heavy atom. The Kier molecular flexibility index (Phi) is 2.81. The van der Waals surface area contributed by atoms with Crippen LogP contribution >= 0.6 is 0 Å². The Hall–Kier alpha value is -2.17. The molecule has 0 aromatic carbocycles. The van der Waals surface area contributed by atoms with Crippen molar-refractivity contribution in [3.8, 4) is 11.5 Å². The summed E-state index contributed by atoms with van der Waals surface area (Å²) >= 11 is 0. The highest BCUT2D eigenvalue weighted by atomic mass is 16.4. The van der Waals surface area contributed by atoms with E-state index >= 15 is 0 Å². The number of aromatic nitrogens is 3. The smallest absolute Gasteiger partial charge is 0.306 e. The van der Waals surface area contributed by atoms with E-state index in [0.29, 0.717) is 12.8 Å². The monoisotopic (exact) mass is 257 g/mol. The van der Waals surface area contributed by atoms with Crippen LogP contribution in [-0.4, -0.2) is 25.6 Å². The highest BCUT2D eigenvalue weighted by molar-refractivity contribution is 5.71. The minimum Gasteiger partial charge on any atom is -0.481 e. The molecule has 1 aliphatic rings. The minimum absolute atomic E-state index is 0.292. The maximum Gasteiger partial charge on any atom is 0.306 e. The lowest BCUT2D eigenvalue weighted by Crippen LogP contribution is -2.23. The maximum atomic E-state index is 11.1. The Labute approximate surface area is 110 Å². The van der Waals surface area contributed by atoms with E-state index < -0.39 is 5.97 Å². The second-order valence-corrected chi connectivity index (χ2v) is 4.88. The van der Waals surface area contributed by atoms with Gasteiger partial charge in [-0.15, -0.1) is 0 Å². The second kappa shape index (κ2) is 4.50. The van der Waals surface area contributed by atoms with Gasteiger partial charge in [0.2, 0.25) is 0 Å². The summed E-state index contributed by atoms with van der Waals surface area (Å²) in [5.74, 6) is -0.192. The lowest BCUT2D eigenvalue weighted by molar-refractivity contribution is -0.142. The van der Waals surface area contributed by atoms with Crippen LogP contribution in [0.1, 0.15) is 17.8 Å². The Morgan fingerprint density at radius 1 is 1.47 bits per heavy atom. The van der Waals surface area contributed by atoms with E-state index in [1.165, 1.54) is 0 Å². The number of hydrogen-bond donors (Lipinski definition) is 1. The van der Waals surface area contributed by atoms with Crippen LogP contribution in [0.5, 0.6) is 0 Å². The first-order valence-electron chi connectivity index (χ1n) is 6.35. The molecule has 1 atom stereocenters. The van der Waals surface area contributed by atoms with Crippen molar-refractivity contribution in [3.05, 3.63) is 35.8 Å². The Balaban J connectivity index is 2.01. The molecule has 0 aliphatic heterocycles. The molecule has 0 saturated heterocycles. The molecule has 2 heterocycles. The minimum atomic E-state index is -0.716. The fourth-order valence-corrected chi connectivity index (χ4v) is 2.63. The molecule has 2 aromatic heterocycles. The van der Waals surface area contributed by atoms with E-state index in [4.69, 9.17) is 5.11 Å². The average molecular weight is 257 g/mol. The fourth-order valence-electron chi connectivity index (χ4n) is 2.63. The van der Waals surface area contributed by atoms with Crippen LogP contribution in [0, 0.1) is 5.92 Å². The number of rotatable bonds is 2. The topological polar surface area (TPSA) is 68.0 Å². The van der Waals surface area contributed by atoms with Crippen LogP contribution in [0.25, 0.3) is 11.5 Å². The van der Waals surface area contributed by atoms with E-state index in [0.717, 1.165) is 29.3 Å². The standard InChI is InChI=1S/C14H15N3O2/c1-17-12-8-9(14(18)19)5-6-10(12)16-13(17)11-4-2-3-7-15-11/h2-4,7,9H,5-6,8H2,1H3,(H,18,19). The predicted octanol–water partition coefficient (Wildman–Crippen LogP) is 1.67. The maximum absolute atomic E-state index is 11.1. The van der Waals surface area contributed by atoms with Gasteiger partial charge in [0.1, 0.15) is 5.69 Å². The first-order valence-corrected chi connectivity index (χ1v) is 6.35. The second-order valence-electron chi connectivity index (χ2n) is 4.88. The van der Waals surface area contributed by atoms with Crippen molar-refractivity contribution in [2.45, 2.75) is 19.3 Å². The summed E-state index contributed by atoms with van der Waals surface area (Å²) < 4.78 is 1.98. The van der Waals surface area contributed by atoms with Crippen LogP contribution in [0.4, 0.5) is 0 Å². The zero-order chi connectivity index (χ0) is 13.4. The van der Waals surface area contributed by atoms with Gasteiger partial charge in [0.15, 0.2) is 5.82 Å². The van der Waals surface area contributed by atoms with Crippen LogP contribution in [-0.2, 0) is 24.7 Å². The number of aliphatic carboxylic acids is 1. The number of carbonyl (C=O) groups is 1. The van der Waals surface area contributed by atoms with E-state index in [-0.39, 0.29) is 5.92 Å². The lowest BCUT2D eigenvalue weighted by atomic mass is 9.90. The van der Waals surface area contributed by atoms with Gasteiger partial charge in [-0.3, -0.25) is 9.78 Å². The van der Waals surface area contributed by atoms with Crippen molar-refractivity contribution in [1.29, 1.82) is 0 Å². The number of carboxylic acids is 1. The number of nitrogens with zero attached hydrogens (tertiary/aromatic N) is 3. The molecule has 3 rings (SSSR count). The third-order valence-electron chi connectivity index (χ3n) is 3.71. The molecule has 1 N–H and O–H groups in total. The summed E-state index contributed by atoms with van der Waals surface area (Å²) in [5, 5.41) is 9.14. The van der Waals surface area contributed by atoms with Crippen molar-refractivity contribution in [2.75, 3.05) is 0 Å². The van der Waals surface area contributed by atoms with E-state index in [2.05, 4.69) is 9.97 Å². The van der Waals surface area contributed by atoms with Crippen LogP contribution in [0.2, 0.25) is 0 Å². The number of imidazole rings is 1. The molecule has 1 aliphatic carbocycles. The van der Waals surface area contributed by atoms with Gasteiger partial charge in [-0.05, 0) is 25.0 Å². The molecule has 5 nitrogen and oxygen atoms in total. The lowest BCUT2D eigenvalue weighted by Gasteiger charge is -2.18. The van der Waals surface area contributed by atoms with Gasteiger partial charge in [-0.2, -0.15) is 0 Å². The van der Waals surface area contributed by atoms with Gasteiger partial charge in [0, 0.05) is 25.4 Å². The van der Waals surface area contributed by atoms with E-state index in [9.17, 15) is 4.79 Å². The summed E-state index contributed by atoms with van der Waals surface area (Å²) in [6.07, 6.45) is 3.69. The fraction of sp³-hybridized carbons (Fsp3) is 0.357. The molecule has 2 aromatic rings. The molecular formula is C14H15N3O2. The van der Waals surface area contributed by atoms with Crippen LogP contribution in [0.15, 0.2) is 24.4 Å². The predicted molar refractivity (Wildman–Crippen MR) is 69.6 cm³/mol. The molecule has 19 heavy (non-hydrogen) atoms. The molecule has 5 heteroatoms. The van der Waals surface area contributed by atoms with Gasteiger partial charge in [0.05, 0.1) is 11.6 Å². The normalized spacial score (nSPS) is 18.1. The van der Waals surface area contributed by atoms with Gasteiger partial charge in [-0.1, -0.05) is 6.07 Å². The molecule has 0 bridgehead atoms. The van der Waals surface area contributed by atoms with Crippen LogP contribution < -0.4 is 0 Å². The summed E-state index contributed by atoms with van der Waals surface area (Å²) in [4.78, 5) is 20.0. The zero-order valence-electron chi connectivity index (χ0n) is 10.7. The van der Waals surface area contributed by atoms with Crippen LogP contribution in [0.3, 0.4) is 0 Å². The molecule has 98 valence electrons. The quantitative estimate of drug-likeness (QED) is 0.888. The van der Waals surface area contributed by atoms with Crippen molar-refractivity contribution < 1.29 is 9.90 Å². The van der Waals surface area contributed by atoms with Gasteiger partial charge in [0.25, 0.3) is 0 Å². The third kappa shape index (κ3) is 2.01. The van der Waals surface area contributed by atoms with Crippen molar-refractivity contribution in [2.24, 2.45) is 13.0 Å². The molecule has 0 fully saturated rings. The first kappa shape index (κ1) is 11.9. The highest BCUT2D eigenvalue weighted by Crippen LogP contribution is 2.28. The summed E-state index contributed by atoms with van der Waals surface area (Å²) in [7, 11) is 1.93. The van der Waals surface area contributed by atoms with E-state index in [1.54, 1.807) is 6.20 Å².